The largest absolute Gasteiger partial charge is 2.00 e. The van der Waals surface area contributed by atoms with Crippen LogP contribution in [0.3, 0.4) is 0 Å². The molecule has 0 bridgehead atoms. The molecule has 0 rings (SSSR count). The van der Waals surface area contributed by atoms with Crippen LogP contribution in [0.4, 0.5) is 0 Å². The molecule has 0 aromatic rings. The van der Waals surface area contributed by atoms with Crippen LogP contribution >= 0.6 is 0 Å². The summed E-state index contributed by atoms with van der Waals surface area (Å²) < 4.78 is 101. The van der Waals surface area contributed by atoms with E-state index in [0.717, 1.165) is 0 Å². The molecular weight excluding hydrogens is 430 g/mol. The van der Waals surface area contributed by atoms with E-state index in [1.807, 2.05) is 0 Å². The Morgan fingerprint density at radius 2 is 0.333 bits per heavy atom. The molecule has 0 fully saturated rings. The van der Waals surface area contributed by atoms with E-state index < -0.39 is 43.1 Å². The Hall–Kier alpha value is 2.46. The first kappa shape index (κ1) is 37.1. The molecular formula is CaCl4FeO12. The summed E-state index contributed by atoms with van der Waals surface area (Å²) in [6.07, 6.45) is 0. The van der Waals surface area contributed by atoms with Gasteiger partial charge in [-0.3, -0.25) is 0 Å². The van der Waals surface area contributed by atoms with Crippen molar-refractivity contribution in [2.75, 3.05) is 0 Å². The quantitative estimate of drug-likeness (QED) is 0.324. The second kappa shape index (κ2) is 31.7. The molecule has 12 nitrogen and oxygen atoms in total. The van der Waals surface area contributed by atoms with Gasteiger partial charge in [-0.1, -0.05) is 0 Å². The third-order valence-electron chi connectivity index (χ3n) is 0. The van der Waals surface area contributed by atoms with Gasteiger partial charge in [0.1, 0.15) is 0 Å². The van der Waals surface area contributed by atoms with Crippen LogP contribution in [0.5, 0.6) is 0 Å². The predicted molar refractivity (Wildman–Crippen MR) is 5.75 cm³/mol. The van der Waals surface area contributed by atoms with Gasteiger partial charge in [0.05, 0.1) is 43.1 Å². The van der Waals surface area contributed by atoms with Gasteiger partial charge >= 0.3 is 54.8 Å². The Morgan fingerprint density at radius 1 is 0.333 bits per heavy atom. The first-order valence-electron chi connectivity index (χ1n) is 1.85. The normalized spacial score (nSPS) is 8.00. The fourth-order valence-corrected chi connectivity index (χ4v) is 0. The van der Waals surface area contributed by atoms with E-state index in [1.165, 1.54) is 0 Å². The summed E-state index contributed by atoms with van der Waals surface area (Å²) in [4.78, 5) is 0. The molecule has 18 heavy (non-hydrogen) atoms. The molecule has 0 aromatic heterocycles. The van der Waals surface area contributed by atoms with Gasteiger partial charge in [0.15, 0.2) is 0 Å². The van der Waals surface area contributed by atoms with Crippen molar-refractivity contribution in [1.29, 1.82) is 0 Å². The van der Waals surface area contributed by atoms with E-state index in [0.29, 0.717) is 0 Å². The average Bonchev–Trinajstić information content (AvgIpc) is 1.76. The minimum absolute atomic E-state index is 0. The SMILES string of the molecule is [Ca+2].[Fe+2].[O-][Cl+2]([O-])[O-].[O-][Cl+2]([O-])[O-].[O-][Cl+2]([O-])[O-].[O-][Cl+2]([O-])[O-]. The van der Waals surface area contributed by atoms with Crippen molar-refractivity contribution in [2.24, 2.45) is 0 Å². The van der Waals surface area contributed by atoms with E-state index in [9.17, 15) is 0 Å². The van der Waals surface area contributed by atoms with Crippen LogP contribution in [0.15, 0.2) is 0 Å². The van der Waals surface area contributed by atoms with Crippen LogP contribution in [0, 0.1) is 43.1 Å². The zero-order valence-electron chi connectivity index (χ0n) is 7.47. The van der Waals surface area contributed by atoms with E-state index in [-0.39, 0.29) is 54.8 Å². The first-order valence-corrected chi connectivity index (χ1v) is 5.55. The summed E-state index contributed by atoms with van der Waals surface area (Å²) in [6.45, 7) is 0. The van der Waals surface area contributed by atoms with Gasteiger partial charge in [-0.05, 0) is 0 Å². The Balaban J connectivity index is -0.0000000257. The Morgan fingerprint density at radius 3 is 0.333 bits per heavy atom. The molecule has 0 saturated carbocycles. The molecule has 0 aliphatic heterocycles. The summed E-state index contributed by atoms with van der Waals surface area (Å²) in [5.74, 6) is 0. The van der Waals surface area contributed by atoms with Crippen LogP contribution in [0.1, 0.15) is 0 Å². The molecule has 110 valence electrons. The molecule has 0 aliphatic rings. The zero-order chi connectivity index (χ0) is 14.3. The van der Waals surface area contributed by atoms with Gasteiger partial charge < -0.3 is 55.9 Å². The summed E-state index contributed by atoms with van der Waals surface area (Å²) >= 11 is 0. The fourth-order valence-electron chi connectivity index (χ4n) is 0. The third kappa shape index (κ3) is 930. The standard InChI is InChI=1S/Ca.4ClO3.Fe/c;4*2-1(3)4;/q+2;4*-1;+2. The Labute approximate surface area is 152 Å². The van der Waals surface area contributed by atoms with Crippen molar-refractivity contribution in [3.63, 3.8) is 0 Å². The predicted octanol–water partition coefficient (Wildman–Crippen LogP) is -14.7. The number of hydrogen-bond donors (Lipinski definition) is 0. The maximum absolute atomic E-state index is 8.41. The molecule has 0 aliphatic carbocycles. The van der Waals surface area contributed by atoms with E-state index in [2.05, 4.69) is 0 Å². The second-order valence-corrected chi connectivity index (χ2v) is 2.27. The Kier molecular flexibility index (Phi) is 65.3. The summed E-state index contributed by atoms with van der Waals surface area (Å²) in [6, 6.07) is 0. The average molecular weight is 430 g/mol. The smallest absolute Gasteiger partial charge is 0.357 e. The van der Waals surface area contributed by atoms with Crippen LogP contribution in [0.25, 0.3) is 0 Å². The molecule has 0 unspecified atom stereocenters. The van der Waals surface area contributed by atoms with Gasteiger partial charge in [-0.25, -0.2) is 0 Å². The van der Waals surface area contributed by atoms with Crippen molar-refractivity contribution >= 4 is 37.7 Å². The molecule has 0 N–H and O–H groups in total. The zero-order valence-corrected chi connectivity index (χ0v) is 13.8. The molecule has 0 radical (unpaired) electrons. The molecule has 0 aromatic carbocycles. The molecule has 0 heterocycles. The van der Waals surface area contributed by atoms with Gasteiger partial charge in [-0.2, -0.15) is 0 Å². The number of halogens is 4. The van der Waals surface area contributed by atoms with Gasteiger partial charge in [0, 0.05) is 0 Å². The summed E-state index contributed by atoms with van der Waals surface area (Å²) in [5.41, 5.74) is 0. The summed E-state index contributed by atoms with van der Waals surface area (Å²) in [7, 11) is -11.4. The monoisotopic (exact) mass is 428 g/mol. The van der Waals surface area contributed by atoms with E-state index >= 15 is 0 Å². The first-order chi connectivity index (χ1) is 6.93. The van der Waals surface area contributed by atoms with Crippen LogP contribution in [-0.4, -0.2) is 37.7 Å². The minimum Gasteiger partial charge on any atom is -0.357 e. The molecule has 0 spiro atoms. The number of hydrogen-bond acceptors (Lipinski definition) is 12. The molecule has 0 saturated heterocycles. The maximum Gasteiger partial charge on any atom is 2.00 e. The van der Waals surface area contributed by atoms with E-state index in [1.54, 1.807) is 0 Å². The van der Waals surface area contributed by atoms with Crippen LogP contribution in [0.2, 0.25) is 0 Å². The van der Waals surface area contributed by atoms with Crippen molar-refractivity contribution < 1.29 is 116 Å². The third-order valence-corrected chi connectivity index (χ3v) is 0. The van der Waals surface area contributed by atoms with Crippen molar-refractivity contribution in [3.8, 4) is 0 Å². The van der Waals surface area contributed by atoms with Crippen molar-refractivity contribution in [1.82, 2.24) is 0 Å². The maximum atomic E-state index is 8.41. The van der Waals surface area contributed by atoms with Gasteiger partial charge in [0.2, 0.25) is 0 Å². The fraction of sp³-hybridized carbons (Fsp3) is 0. The second-order valence-electron chi connectivity index (χ2n) is 0.756. The summed E-state index contributed by atoms with van der Waals surface area (Å²) in [5, 5.41) is 0. The minimum atomic E-state index is -2.85. The van der Waals surface area contributed by atoms with Gasteiger partial charge in [0.25, 0.3) is 0 Å². The van der Waals surface area contributed by atoms with Crippen LogP contribution in [-0.2, 0) is 17.1 Å². The van der Waals surface area contributed by atoms with Gasteiger partial charge in [-0.15, -0.1) is 0 Å². The Bertz CT molecular complexity index is 67.1. The molecule has 0 amide bonds. The number of rotatable bonds is 0. The van der Waals surface area contributed by atoms with Crippen molar-refractivity contribution in [3.05, 3.63) is 0 Å². The molecule has 18 heteroatoms. The van der Waals surface area contributed by atoms with Crippen molar-refractivity contribution in [2.45, 2.75) is 0 Å². The van der Waals surface area contributed by atoms with Crippen LogP contribution < -0.4 is 55.9 Å². The van der Waals surface area contributed by atoms with E-state index in [4.69, 9.17) is 55.9 Å². The topological polar surface area (TPSA) is 277 Å². The molecule has 0 atom stereocenters.